The molecule has 0 bridgehead atoms. The fourth-order valence-corrected chi connectivity index (χ4v) is 3.73. The van der Waals surface area contributed by atoms with Crippen molar-refractivity contribution in [3.63, 3.8) is 0 Å². The number of anilines is 1. The summed E-state index contributed by atoms with van der Waals surface area (Å²) in [5.41, 5.74) is 6.12. The van der Waals surface area contributed by atoms with Crippen LogP contribution in [-0.4, -0.2) is 20.8 Å². The number of hydrazine groups is 1. The van der Waals surface area contributed by atoms with Gasteiger partial charge in [-0.3, -0.25) is 15.1 Å². The van der Waals surface area contributed by atoms with E-state index in [-0.39, 0.29) is 33.7 Å². The number of aromatic nitrogens is 3. The summed E-state index contributed by atoms with van der Waals surface area (Å²) in [4.78, 5) is 25.7. The topological polar surface area (TPSA) is 137 Å². The van der Waals surface area contributed by atoms with Gasteiger partial charge in [0.15, 0.2) is 5.75 Å². The highest BCUT2D eigenvalue weighted by Gasteiger charge is 2.23. The third-order valence-corrected chi connectivity index (χ3v) is 5.13. The highest BCUT2D eigenvalue weighted by Crippen LogP contribution is 2.39. The molecule has 2 aromatic carbocycles. The van der Waals surface area contributed by atoms with Crippen LogP contribution in [-0.2, 0) is 0 Å². The van der Waals surface area contributed by atoms with Crippen molar-refractivity contribution >= 4 is 28.9 Å². The van der Waals surface area contributed by atoms with Gasteiger partial charge in [-0.25, -0.2) is 10.2 Å². The van der Waals surface area contributed by atoms with Crippen LogP contribution in [0, 0.1) is 11.3 Å². The summed E-state index contributed by atoms with van der Waals surface area (Å²) in [6.07, 6.45) is -0.102. The molecule has 164 valence electrons. The summed E-state index contributed by atoms with van der Waals surface area (Å²) in [6.45, 7) is 4.09. The first-order valence-corrected chi connectivity index (χ1v) is 10.2. The Bertz CT molecular complexity index is 1340. The third-order valence-electron chi connectivity index (χ3n) is 4.57. The van der Waals surface area contributed by atoms with Gasteiger partial charge in [0.25, 0.3) is 5.56 Å². The molecule has 1 atom stereocenters. The van der Waals surface area contributed by atoms with Gasteiger partial charge in [0.2, 0.25) is 5.69 Å². The molecule has 0 aliphatic carbocycles. The Hall–Kier alpha value is -3.36. The number of aromatic amines is 1. The summed E-state index contributed by atoms with van der Waals surface area (Å²) in [5, 5.41) is 16.4. The van der Waals surface area contributed by atoms with E-state index in [4.69, 9.17) is 33.2 Å². The Kier molecular flexibility index (Phi) is 5.90. The molecule has 4 N–H and O–H groups in total. The third kappa shape index (κ3) is 4.19. The number of benzene rings is 2. The maximum Gasteiger partial charge on any atom is 0.349 e. The van der Waals surface area contributed by atoms with Gasteiger partial charge in [-0.1, -0.05) is 23.2 Å². The van der Waals surface area contributed by atoms with E-state index >= 15 is 0 Å². The van der Waals surface area contributed by atoms with Crippen LogP contribution in [0.3, 0.4) is 0 Å². The summed E-state index contributed by atoms with van der Waals surface area (Å²) in [7, 11) is 0. The van der Waals surface area contributed by atoms with Crippen LogP contribution in [0.1, 0.15) is 31.3 Å². The maximum atomic E-state index is 12.1. The first-order chi connectivity index (χ1) is 15.3. The number of nitriles is 1. The quantitative estimate of drug-likeness (QED) is 0.443. The lowest BCUT2D eigenvalue weighted by Gasteiger charge is -2.17. The number of nitrogens with one attached hydrogen (secondary N) is 4. The molecule has 0 saturated heterocycles. The largest absolute Gasteiger partial charge is 0.454 e. The average Bonchev–Trinajstić information content (AvgIpc) is 3.12. The predicted octanol–water partition coefficient (Wildman–Crippen LogP) is 2.82. The van der Waals surface area contributed by atoms with E-state index in [1.54, 1.807) is 12.1 Å². The number of nitrogens with zero attached hydrogens (tertiary/aromatic N) is 3. The average molecular weight is 474 g/mol. The Morgan fingerprint density at radius 1 is 1.22 bits per heavy atom. The van der Waals surface area contributed by atoms with Gasteiger partial charge in [-0.05, 0) is 44.2 Å². The lowest BCUT2D eigenvalue weighted by Crippen LogP contribution is -2.36. The van der Waals surface area contributed by atoms with E-state index in [0.29, 0.717) is 5.75 Å². The molecular weight excluding hydrogens is 457 g/mol. The van der Waals surface area contributed by atoms with E-state index < -0.39 is 16.9 Å². The lowest BCUT2D eigenvalue weighted by molar-refractivity contribution is 0.442. The standard InChI is InChI=1S/C20H17Cl2N7O3/c1-9(2)24-18-12-7-11(3-4-15(12)26-27-18)32-17-13(21)5-10(6-14(17)22)29-20(31)25-19(30)16(8-23)28-29/h3-7,9,18,24,26-27H,1-2H3,(H,25,30,31). The molecule has 0 fully saturated rings. The van der Waals surface area contributed by atoms with Crippen LogP contribution in [0.25, 0.3) is 5.69 Å². The van der Waals surface area contributed by atoms with Crippen LogP contribution in [0.5, 0.6) is 11.5 Å². The molecule has 12 heteroatoms. The maximum absolute atomic E-state index is 12.1. The molecule has 4 rings (SSSR count). The second-order valence-electron chi connectivity index (χ2n) is 7.24. The molecule has 0 amide bonds. The van der Waals surface area contributed by atoms with Gasteiger partial charge in [0.05, 0.1) is 21.4 Å². The van der Waals surface area contributed by atoms with Crippen molar-refractivity contribution in [2.24, 2.45) is 0 Å². The molecule has 1 aliphatic heterocycles. The summed E-state index contributed by atoms with van der Waals surface area (Å²) in [5.74, 6) is 0.690. The fourth-order valence-electron chi connectivity index (χ4n) is 3.18. The molecule has 1 unspecified atom stereocenters. The highest BCUT2D eigenvalue weighted by molar-refractivity contribution is 6.37. The van der Waals surface area contributed by atoms with Crippen LogP contribution in [0.15, 0.2) is 39.9 Å². The Morgan fingerprint density at radius 2 is 1.94 bits per heavy atom. The number of hydrogen-bond donors (Lipinski definition) is 4. The molecule has 0 spiro atoms. The summed E-state index contributed by atoms with van der Waals surface area (Å²) >= 11 is 12.8. The minimum atomic E-state index is -0.878. The lowest BCUT2D eigenvalue weighted by atomic mass is 10.1. The molecular formula is C20H17Cl2N7O3. The van der Waals surface area contributed by atoms with Crippen molar-refractivity contribution in [3.8, 4) is 23.3 Å². The smallest absolute Gasteiger partial charge is 0.349 e. The van der Waals surface area contributed by atoms with Gasteiger partial charge in [-0.2, -0.15) is 9.94 Å². The zero-order valence-corrected chi connectivity index (χ0v) is 18.4. The zero-order valence-electron chi connectivity index (χ0n) is 16.9. The Balaban J connectivity index is 1.67. The van der Waals surface area contributed by atoms with E-state index in [2.05, 4.69) is 21.3 Å². The van der Waals surface area contributed by atoms with Crippen molar-refractivity contribution in [2.75, 3.05) is 5.43 Å². The first-order valence-electron chi connectivity index (χ1n) is 9.49. The van der Waals surface area contributed by atoms with E-state index in [0.717, 1.165) is 15.9 Å². The van der Waals surface area contributed by atoms with E-state index in [1.807, 2.05) is 31.0 Å². The van der Waals surface area contributed by atoms with Crippen molar-refractivity contribution < 1.29 is 4.74 Å². The zero-order chi connectivity index (χ0) is 23.0. The molecule has 32 heavy (non-hydrogen) atoms. The molecule has 2 heterocycles. The molecule has 0 saturated carbocycles. The number of ether oxygens (including phenoxy) is 1. The number of halogens is 2. The van der Waals surface area contributed by atoms with E-state index in [9.17, 15) is 9.59 Å². The SMILES string of the molecule is CC(C)NC1NNc2ccc(Oc3c(Cl)cc(-n4nc(C#N)c(=O)[nH]c4=O)cc3Cl)cc21. The Labute approximate surface area is 191 Å². The molecule has 10 nitrogen and oxygen atoms in total. The van der Waals surface area contributed by atoms with E-state index in [1.165, 1.54) is 12.1 Å². The fraction of sp³-hybridized carbons (Fsp3) is 0.200. The summed E-state index contributed by atoms with van der Waals surface area (Å²) < 4.78 is 6.77. The van der Waals surface area contributed by atoms with Crippen molar-refractivity contribution in [2.45, 2.75) is 26.1 Å². The van der Waals surface area contributed by atoms with Crippen LogP contribution < -0.4 is 32.2 Å². The van der Waals surface area contributed by atoms with Crippen LogP contribution in [0.4, 0.5) is 5.69 Å². The minimum absolute atomic E-state index is 0.102. The van der Waals surface area contributed by atoms with Gasteiger partial charge in [0, 0.05) is 11.6 Å². The minimum Gasteiger partial charge on any atom is -0.454 e. The van der Waals surface area contributed by atoms with Crippen molar-refractivity contribution in [1.82, 2.24) is 25.5 Å². The van der Waals surface area contributed by atoms with Gasteiger partial charge in [0.1, 0.15) is 18.0 Å². The van der Waals surface area contributed by atoms with Crippen molar-refractivity contribution in [1.29, 1.82) is 5.26 Å². The highest BCUT2D eigenvalue weighted by atomic mass is 35.5. The number of H-pyrrole nitrogens is 1. The van der Waals surface area contributed by atoms with Crippen LogP contribution >= 0.6 is 23.2 Å². The van der Waals surface area contributed by atoms with Gasteiger partial charge < -0.3 is 10.2 Å². The Morgan fingerprint density at radius 3 is 2.59 bits per heavy atom. The first kappa shape index (κ1) is 21.9. The second-order valence-corrected chi connectivity index (χ2v) is 8.06. The summed E-state index contributed by atoms with van der Waals surface area (Å²) in [6, 6.07) is 10.2. The molecule has 3 aromatic rings. The van der Waals surface area contributed by atoms with Crippen molar-refractivity contribution in [3.05, 3.63) is 72.5 Å². The molecule has 0 radical (unpaired) electrons. The molecule has 1 aromatic heterocycles. The van der Waals surface area contributed by atoms with Gasteiger partial charge >= 0.3 is 5.69 Å². The van der Waals surface area contributed by atoms with Gasteiger partial charge in [-0.15, -0.1) is 5.10 Å². The normalized spacial score (nSPS) is 14.7. The molecule has 1 aliphatic rings. The number of hydrogen-bond acceptors (Lipinski definition) is 8. The second kappa shape index (κ2) is 8.64. The predicted molar refractivity (Wildman–Crippen MR) is 119 cm³/mol. The number of fused-ring (bicyclic) bond motifs is 1. The number of rotatable bonds is 5. The monoisotopic (exact) mass is 473 g/mol. The van der Waals surface area contributed by atoms with Crippen LogP contribution in [0.2, 0.25) is 10.0 Å².